The molecule has 2 aromatic rings. The molecule has 1 atom stereocenters. The zero-order valence-corrected chi connectivity index (χ0v) is 11.7. The van der Waals surface area contributed by atoms with Crippen LogP contribution < -0.4 is 4.74 Å². The third-order valence-corrected chi connectivity index (χ3v) is 3.76. The molecule has 1 fully saturated rings. The van der Waals surface area contributed by atoms with E-state index in [9.17, 15) is 0 Å². The number of rotatable bonds is 4. The lowest BCUT2D eigenvalue weighted by Crippen LogP contribution is -2.40. The maximum atomic E-state index is 6.08. The van der Waals surface area contributed by atoms with Gasteiger partial charge in [-0.1, -0.05) is 48.5 Å². The lowest BCUT2D eigenvalue weighted by molar-refractivity contribution is 0.0843. The van der Waals surface area contributed by atoms with Gasteiger partial charge in [-0.05, 0) is 37.1 Å². The molecule has 0 aromatic heterocycles. The van der Waals surface area contributed by atoms with Crippen LogP contribution in [0.15, 0.2) is 60.7 Å². The summed E-state index contributed by atoms with van der Waals surface area (Å²) in [5, 5.41) is 0. The highest BCUT2D eigenvalue weighted by atomic mass is 16.5. The van der Waals surface area contributed by atoms with Crippen LogP contribution in [-0.4, -0.2) is 24.1 Å². The van der Waals surface area contributed by atoms with E-state index in [1.165, 1.54) is 18.5 Å². The van der Waals surface area contributed by atoms with Gasteiger partial charge in [0.15, 0.2) is 0 Å². The summed E-state index contributed by atoms with van der Waals surface area (Å²) in [5.41, 5.74) is 1.38. The van der Waals surface area contributed by atoms with Gasteiger partial charge in [0.05, 0.1) is 0 Å². The molecule has 0 amide bonds. The molecule has 1 saturated heterocycles. The van der Waals surface area contributed by atoms with Crippen molar-refractivity contribution >= 4 is 0 Å². The molecular formula is C18H21NO. The predicted octanol–water partition coefficient (Wildman–Crippen LogP) is 3.73. The number of piperidine rings is 1. The fourth-order valence-corrected chi connectivity index (χ4v) is 2.79. The van der Waals surface area contributed by atoms with Crippen LogP contribution in [0.2, 0.25) is 0 Å². The second kappa shape index (κ2) is 6.58. The van der Waals surface area contributed by atoms with Gasteiger partial charge in [0, 0.05) is 13.1 Å². The van der Waals surface area contributed by atoms with E-state index >= 15 is 0 Å². The Labute approximate surface area is 121 Å². The van der Waals surface area contributed by atoms with Crippen LogP contribution >= 0.6 is 0 Å². The Morgan fingerprint density at radius 3 is 2.40 bits per heavy atom. The first kappa shape index (κ1) is 13.2. The largest absolute Gasteiger partial charge is 0.489 e. The minimum atomic E-state index is 0.315. The third kappa shape index (κ3) is 3.61. The van der Waals surface area contributed by atoms with Crippen molar-refractivity contribution in [1.82, 2.24) is 4.90 Å². The molecule has 0 N–H and O–H groups in total. The van der Waals surface area contributed by atoms with Crippen molar-refractivity contribution in [2.75, 3.05) is 13.1 Å². The van der Waals surface area contributed by atoms with E-state index in [0.29, 0.717) is 6.10 Å². The summed E-state index contributed by atoms with van der Waals surface area (Å²) in [6.07, 6.45) is 2.68. The van der Waals surface area contributed by atoms with Crippen LogP contribution in [0, 0.1) is 0 Å². The number of hydrogen-bond acceptors (Lipinski definition) is 2. The van der Waals surface area contributed by atoms with Crippen molar-refractivity contribution in [3.05, 3.63) is 66.2 Å². The summed E-state index contributed by atoms with van der Waals surface area (Å²) in [7, 11) is 0. The monoisotopic (exact) mass is 267 g/mol. The summed E-state index contributed by atoms with van der Waals surface area (Å²) < 4.78 is 6.08. The molecule has 0 saturated carbocycles. The Balaban J connectivity index is 1.57. The van der Waals surface area contributed by atoms with Gasteiger partial charge in [-0.2, -0.15) is 0 Å². The van der Waals surface area contributed by atoms with Gasteiger partial charge >= 0.3 is 0 Å². The van der Waals surface area contributed by atoms with Gasteiger partial charge in [0.25, 0.3) is 0 Å². The SMILES string of the molecule is c1ccc(CN2CCCC(Oc3ccccc3)C2)cc1. The summed E-state index contributed by atoms with van der Waals surface area (Å²) >= 11 is 0. The average molecular weight is 267 g/mol. The first-order valence-corrected chi connectivity index (χ1v) is 7.38. The summed E-state index contributed by atoms with van der Waals surface area (Å²) in [6.45, 7) is 3.21. The summed E-state index contributed by atoms with van der Waals surface area (Å²) in [5.74, 6) is 0.985. The standard InChI is InChI=1S/C18H21NO/c1-3-8-16(9-4-1)14-19-13-7-12-18(15-19)20-17-10-5-2-6-11-17/h1-6,8-11,18H,7,12-15H2. The van der Waals surface area contributed by atoms with E-state index in [4.69, 9.17) is 4.74 Å². The van der Waals surface area contributed by atoms with E-state index in [1.54, 1.807) is 0 Å². The number of ether oxygens (including phenoxy) is 1. The van der Waals surface area contributed by atoms with Crippen LogP contribution in [0.3, 0.4) is 0 Å². The maximum Gasteiger partial charge on any atom is 0.119 e. The van der Waals surface area contributed by atoms with Gasteiger partial charge < -0.3 is 4.74 Å². The first-order valence-electron chi connectivity index (χ1n) is 7.38. The van der Waals surface area contributed by atoms with Gasteiger partial charge in [-0.25, -0.2) is 0 Å². The molecule has 0 radical (unpaired) electrons. The molecule has 104 valence electrons. The molecule has 1 unspecified atom stereocenters. The fourth-order valence-electron chi connectivity index (χ4n) is 2.79. The van der Waals surface area contributed by atoms with Gasteiger partial charge in [0.1, 0.15) is 11.9 Å². The highest BCUT2D eigenvalue weighted by Gasteiger charge is 2.21. The Bertz CT molecular complexity index is 464. The topological polar surface area (TPSA) is 12.5 Å². The number of benzene rings is 2. The Kier molecular flexibility index (Phi) is 4.34. The lowest BCUT2D eigenvalue weighted by atomic mass is 10.1. The highest BCUT2D eigenvalue weighted by Crippen LogP contribution is 2.19. The minimum absolute atomic E-state index is 0.315. The molecule has 2 heteroatoms. The van der Waals surface area contributed by atoms with E-state index in [1.807, 2.05) is 30.3 Å². The molecule has 1 heterocycles. The molecule has 1 aliphatic heterocycles. The number of para-hydroxylation sites is 1. The van der Waals surface area contributed by atoms with Crippen LogP contribution in [0.1, 0.15) is 18.4 Å². The Morgan fingerprint density at radius 1 is 0.950 bits per heavy atom. The highest BCUT2D eigenvalue weighted by molar-refractivity contribution is 5.21. The molecule has 20 heavy (non-hydrogen) atoms. The maximum absolute atomic E-state index is 6.08. The Hall–Kier alpha value is -1.80. The molecular weight excluding hydrogens is 246 g/mol. The minimum Gasteiger partial charge on any atom is -0.489 e. The second-order valence-corrected chi connectivity index (χ2v) is 5.42. The summed E-state index contributed by atoms with van der Waals surface area (Å²) in [4.78, 5) is 2.49. The van der Waals surface area contributed by atoms with Crippen molar-refractivity contribution in [3.63, 3.8) is 0 Å². The van der Waals surface area contributed by atoms with Crippen molar-refractivity contribution < 1.29 is 4.74 Å². The first-order chi connectivity index (χ1) is 9.90. The van der Waals surface area contributed by atoms with Crippen LogP contribution in [0.25, 0.3) is 0 Å². The molecule has 2 aromatic carbocycles. The quantitative estimate of drug-likeness (QED) is 0.837. The van der Waals surface area contributed by atoms with Crippen molar-refractivity contribution in [2.45, 2.75) is 25.5 Å². The van der Waals surface area contributed by atoms with E-state index in [2.05, 4.69) is 35.2 Å². The van der Waals surface area contributed by atoms with E-state index < -0.39 is 0 Å². The lowest BCUT2D eigenvalue weighted by Gasteiger charge is -2.32. The normalized spacial score (nSPS) is 19.7. The average Bonchev–Trinajstić information content (AvgIpc) is 2.50. The molecule has 0 aliphatic carbocycles. The third-order valence-electron chi connectivity index (χ3n) is 3.76. The van der Waals surface area contributed by atoms with Crippen molar-refractivity contribution in [3.8, 4) is 5.75 Å². The molecule has 2 nitrogen and oxygen atoms in total. The zero-order chi connectivity index (χ0) is 13.6. The predicted molar refractivity (Wildman–Crippen MR) is 81.8 cm³/mol. The second-order valence-electron chi connectivity index (χ2n) is 5.42. The smallest absolute Gasteiger partial charge is 0.119 e. The van der Waals surface area contributed by atoms with Gasteiger partial charge in [-0.15, -0.1) is 0 Å². The fraction of sp³-hybridized carbons (Fsp3) is 0.333. The molecule has 0 bridgehead atoms. The van der Waals surface area contributed by atoms with Crippen LogP contribution in [0.5, 0.6) is 5.75 Å². The van der Waals surface area contributed by atoms with Crippen molar-refractivity contribution in [2.24, 2.45) is 0 Å². The van der Waals surface area contributed by atoms with E-state index in [0.717, 1.165) is 25.3 Å². The van der Waals surface area contributed by atoms with Crippen LogP contribution in [0.4, 0.5) is 0 Å². The van der Waals surface area contributed by atoms with E-state index in [-0.39, 0.29) is 0 Å². The van der Waals surface area contributed by atoms with Gasteiger partial charge in [0.2, 0.25) is 0 Å². The number of hydrogen-bond donors (Lipinski definition) is 0. The van der Waals surface area contributed by atoms with Crippen LogP contribution in [-0.2, 0) is 6.54 Å². The molecule has 3 rings (SSSR count). The number of nitrogens with zero attached hydrogens (tertiary/aromatic N) is 1. The zero-order valence-electron chi connectivity index (χ0n) is 11.7. The molecule has 1 aliphatic rings. The Morgan fingerprint density at radius 2 is 1.65 bits per heavy atom. The number of likely N-dealkylation sites (tertiary alicyclic amines) is 1. The van der Waals surface area contributed by atoms with Crippen molar-refractivity contribution in [1.29, 1.82) is 0 Å². The summed E-state index contributed by atoms with van der Waals surface area (Å²) in [6, 6.07) is 20.8. The molecule has 0 spiro atoms. The van der Waals surface area contributed by atoms with Gasteiger partial charge in [-0.3, -0.25) is 4.90 Å².